The zero-order chi connectivity index (χ0) is 92.2. The van der Waals surface area contributed by atoms with E-state index in [1.54, 1.807) is 0 Å². The van der Waals surface area contributed by atoms with Crippen LogP contribution in [0.4, 0.5) is 0 Å². The van der Waals surface area contributed by atoms with E-state index in [4.69, 9.17) is 58.1 Å². The number of benzene rings is 19. The van der Waals surface area contributed by atoms with Crippen LogP contribution in [0.5, 0.6) is 0 Å². The van der Waals surface area contributed by atoms with E-state index in [0.717, 1.165) is 143 Å². The number of hydrogen-bond acceptors (Lipinski definition) is 12. The molecule has 3 aliphatic rings. The van der Waals surface area contributed by atoms with Crippen molar-refractivity contribution in [1.82, 2.24) is 44.9 Å². The Kier molecular flexibility index (Phi) is 18.7. The first-order valence-corrected chi connectivity index (χ1v) is 46.9. The van der Waals surface area contributed by atoms with Crippen LogP contribution in [-0.2, 0) is 16.2 Å². The molecule has 0 atom stereocenters. The highest BCUT2D eigenvalue weighted by molar-refractivity contribution is 6.15. The molecule has 0 fully saturated rings. The van der Waals surface area contributed by atoms with Crippen LogP contribution in [0.1, 0.15) is 74.9 Å². The molecular formula is C126H85N9O3. The molecule has 19 aromatic carbocycles. The summed E-state index contributed by atoms with van der Waals surface area (Å²) in [5, 5.41) is 13.8. The van der Waals surface area contributed by atoms with Crippen LogP contribution in [0.15, 0.2) is 420 Å². The first-order chi connectivity index (χ1) is 67.6. The lowest BCUT2D eigenvalue weighted by atomic mass is 9.81. The zero-order valence-corrected chi connectivity index (χ0v) is 76.4. The summed E-state index contributed by atoms with van der Waals surface area (Å²) in [6, 6.07) is 142. The van der Waals surface area contributed by atoms with E-state index in [9.17, 15) is 0 Å². The van der Waals surface area contributed by atoms with E-state index < -0.39 is 0 Å². The molecule has 6 heterocycles. The molecule has 28 rings (SSSR count). The van der Waals surface area contributed by atoms with Crippen LogP contribution < -0.4 is 0 Å². The van der Waals surface area contributed by atoms with Crippen molar-refractivity contribution in [3.05, 3.63) is 440 Å². The third kappa shape index (κ3) is 13.5. The fraction of sp³-hybridized carbons (Fsp3) is 0.0714. The van der Waals surface area contributed by atoms with E-state index in [1.165, 1.54) is 83.1 Å². The van der Waals surface area contributed by atoms with Gasteiger partial charge in [0, 0.05) is 98.6 Å². The number of furan rings is 3. The van der Waals surface area contributed by atoms with Gasteiger partial charge in [-0.25, -0.2) is 44.9 Å². The Bertz CT molecular complexity index is 9300. The Balaban J connectivity index is 0.000000107. The van der Waals surface area contributed by atoms with Gasteiger partial charge in [-0.3, -0.25) is 0 Å². The molecule has 12 nitrogen and oxygen atoms in total. The Labute approximate surface area is 795 Å². The van der Waals surface area contributed by atoms with E-state index in [1.807, 2.05) is 121 Å². The molecule has 0 saturated heterocycles. The van der Waals surface area contributed by atoms with Crippen molar-refractivity contribution in [2.75, 3.05) is 0 Å². The molecule has 6 aromatic heterocycles. The van der Waals surface area contributed by atoms with Gasteiger partial charge in [-0.05, 0) is 189 Å². The van der Waals surface area contributed by atoms with Crippen molar-refractivity contribution in [3.8, 4) is 147 Å². The maximum absolute atomic E-state index is 6.30. The maximum Gasteiger partial charge on any atom is 0.164 e. The molecule has 0 aliphatic heterocycles. The van der Waals surface area contributed by atoms with Crippen LogP contribution >= 0.6 is 0 Å². The number of aromatic nitrogens is 9. The predicted molar refractivity (Wildman–Crippen MR) is 561 cm³/mol. The van der Waals surface area contributed by atoms with Crippen molar-refractivity contribution >= 4 is 98.1 Å². The summed E-state index contributed by atoms with van der Waals surface area (Å²) in [5.41, 5.74) is 31.0. The Morgan fingerprint density at radius 1 is 0.145 bits per heavy atom. The lowest BCUT2D eigenvalue weighted by Gasteiger charge is -2.22. The number of nitrogens with zero attached hydrogens (tertiary/aromatic N) is 9. The van der Waals surface area contributed by atoms with Gasteiger partial charge in [-0.15, -0.1) is 0 Å². The molecule has 0 bridgehead atoms. The summed E-state index contributed by atoms with van der Waals surface area (Å²) >= 11 is 0. The fourth-order valence-electron chi connectivity index (χ4n) is 21.4. The van der Waals surface area contributed by atoms with Crippen molar-refractivity contribution < 1.29 is 13.3 Å². The number of fused-ring (bicyclic) bond motifs is 22. The third-order valence-electron chi connectivity index (χ3n) is 28.6. The molecule has 652 valence electrons. The van der Waals surface area contributed by atoms with Crippen LogP contribution in [-0.4, -0.2) is 44.9 Å². The van der Waals surface area contributed by atoms with Gasteiger partial charge in [-0.2, -0.15) is 0 Å². The minimum absolute atomic E-state index is 0.221. The second-order valence-corrected chi connectivity index (χ2v) is 37.8. The van der Waals surface area contributed by atoms with Gasteiger partial charge < -0.3 is 13.3 Å². The Morgan fingerprint density at radius 2 is 0.413 bits per heavy atom. The molecule has 3 aliphatic carbocycles. The molecule has 0 saturated carbocycles. The molecule has 25 aromatic rings. The minimum atomic E-state index is -0.236. The maximum atomic E-state index is 6.30. The molecule has 12 heteroatoms. The Morgan fingerprint density at radius 3 is 0.812 bits per heavy atom. The summed E-state index contributed by atoms with van der Waals surface area (Å²) in [6.07, 6.45) is 0. The summed E-state index contributed by atoms with van der Waals surface area (Å²) in [6.45, 7) is 13.8. The van der Waals surface area contributed by atoms with Crippen LogP contribution in [0, 0.1) is 0 Å². The van der Waals surface area contributed by atoms with Crippen molar-refractivity contribution in [1.29, 1.82) is 0 Å². The Hall–Kier alpha value is -17.6. The molecule has 0 N–H and O–H groups in total. The summed E-state index contributed by atoms with van der Waals surface area (Å²) < 4.78 is 18.9. The number of rotatable bonds is 10. The third-order valence-corrected chi connectivity index (χ3v) is 28.6. The summed E-state index contributed by atoms with van der Waals surface area (Å²) in [5.74, 6) is 5.93. The molecule has 0 unspecified atom stereocenters. The second-order valence-electron chi connectivity index (χ2n) is 37.8. The van der Waals surface area contributed by atoms with Crippen LogP contribution in [0.3, 0.4) is 0 Å². The molecule has 0 radical (unpaired) electrons. The van der Waals surface area contributed by atoms with E-state index >= 15 is 0 Å². The van der Waals surface area contributed by atoms with E-state index in [0.29, 0.717) is 52.4 Å². The van der Waals surface area contributed by atoms with E-state index in [2.05, 4.69) is 327 Å². The van der Waals surface area contributed by atoms with Gasteiger partial charge in [-0.1, -0.05) is 369 Å². The van der Waals surface area contributed by atoms with Crippen LogP contribution in [0.25, 0.3) is 245 Å². The molecule has 0 amide bonds. The van der Waals surface area contributed by atoms with Crippen molar-refractivity contribution in [3.63, 3.8) is 0 Å². The summed E-state index contributed by atoms with van der Waals surface area (Å²) in [4.78, 5) is 45.6. The normalized spacial score (nSPS) is 13.3. The first-order valence-electron chi connectivity index (χ1n) is 46.9. The lowest BCUT2D eigenvalue weighted by Crippen LogP contribution is -2.15. The van der Waals surface area contributed by atoms with Gasteiger partial charge >= 0.3 is 0 Å². The number of hydrogen-bond donors (Lipinski definition) is 0. The lowest BCUT2D eigenvalue weighted by molar-refractivity contribution is 0.647. The number of para-hydroxylation sites is 3. The van der Waals surface area contributed by atoms with Gasteiger partial charge in [0.15, 0.2) is 52.4 Å². The predicted octanol–water partition coefficient (Wildman–Crippen LogP) is 32.4. The quantitative estimate of drug-likeness (QED) is 0.120. The fourth-order valence-corrected chi connectivity index (χ4v) is 21.4. The largest absolute Gasteiger partial charge is 0.456 e. The van der Waals surface area contributed by atoms with E-state index in [-0.39, 0.29) is 16.2 Å². The highest BCUT2D eigenvalue weighted by Gasteiger charge is 2.41. The van der Waals surface area contributed by atoms with Gasteiger partial charge in [0.25, 0.3) is 0 Å². The standard InChI is InChI=1S/C44H29N3O.C42H29N3O.C40H27N3O/c1-44(2)37-23-28(20-21-32(37)34-24-35-33-18-10-11-19-39(33)48-40(35)25-38(34)44)42-45-41(26-12-4-3-5-13-26)46-43(47-42)36-22-27-14-6-7-15-29(27)30-16-8-9-17-31(30)36;1-42(2)35-23-30(21-22-31(35)33-24-34-32-15-9-10-16-37(32)46-38(34)25-36(33)42)41-44-39(28-13-7-4-8-14-28)43-40(45-41)29-19-17-27(18-20-29)26-11-5-3-6-12-26;1-40(2)33-21-26(19-20-28(33)31-22-32-29-16-8-9-18-35(29)44-36(32)23-34(31)40)38-41-37(25-12-4-3-5-13-25)42-39(43-38)30-17-10-14-24-11-6-7-15-27(24)30/h3-25H,1-2H3;3-25H,1-2H3;3-23H,1-2H3. The van der Waals surface area contributed by atoms with Gasteiger partial charge in [0.2, 0.25) is 0 Å². The highest BCUT2D eigenvalue weighted by atomic mass is 16.3. The van der Waals surface area contributed by atoms with Crippen LogP contribution in [0.2, 0.25) is 0 Å². The SMILES string of the molecule is CC1(C)c2cc(-c3nc(-c4ccccc4)nc(-c4cc5ccccc5c5ccccc45)n3)ccc2-c2cc3c(cc21)oc1ccccc13.CC1(C)c2cc(-c3nc(-c4ccccc4)nc(-c4ccc(-c5ccccc5)cc4)n3)ccc2-c2cc3c(cc21)oc1ccccc13.CC1(C)c2cc(-c3nc(-c4ccccc4)nc(-c4cccc5ccccc45)n3)ccc2-c2cc3c(cc21)oc1ccccc13. The molecular weight excluding hydrogens is 1690 g/mol. The minimum Gasteiger partial charge on any atom is -0.456 e. The second kappa shape index (κ2) is 31.8. The van der Waals surface area contributed by atoms with Crippen molar-refractivity contribution in [2.45, 2.75) is 57.8 Å². The highest BCUT2D eigenvalue weighted by Crippen LogP contribution is 2.56. The van der Waals surface area contributed by atoms with Crippen molar-refractivity contribution in [2.24, 2.45) is 0 Å². The van der Waals surface area contributed by atoms with Gasteiger partial charge in [0.1, 0.15) is 33.5 Å². The monoisotopic (exact) mass is 1770 g/mol. The molecule has 0 spiro atoms. The summed E-state index contributed by atoms with van der Waals surface area (Å²) in [7, 11) is 0. The average Bonchev–Trinajstić information content (AvgIpc) is 1.56. The molecule has 138 heavy (non-hydrogen) atoms. The van der Waals surface area contributed by atoms with Gasteiger partial charge in [0.05, 0.1) is 0 Å². The average molecular weight is 1770 g/mol. The zero-order valence-electron chi connectivity index (χ0n) is 76.4. The topological polar surface area (TPSA) is 155 Å². The first kappa shape index (κ1) is 81.2. The smallest absolute Gasteiger partial charge is 0.164 e.